The molecule has 5 rings (SSSR count). The lowest BCUT2D eigenvalue weighted by molar-refractivity contribution is 0.973. The molecule has 0 bridgehead atoms. The summed E-state index contributed by atoms with van der Waals surface area (Å²) in [5, 5.41) is 1.35. The number of aromatic nitrogens is 1. The van der Waals surface area contributed by atoms with Gasteiger partial charge in [-0.05, 0) is 17.2 Å². The van der Waals surface area contributed by atoms with Crippen LogP contribution in [-0.4, -0.2) is 4.98 Å². The summed E-state index contributed by atoms with van der Waals surface area (Å²) in [6.07, 6.45) is 11.2. The van der Waals surface area contributed by atoms with Gasteiger partial charge in [-0.1, -0.05) is 48.6 Å². The molecule has 0 saturated heterocycles. The number of benzene rings is 1. The predicted octanol–water partition coefficient (Wildman–Crippen LogP) is 4.07. The molecule has 0 spiro atoms. The number of para-hydroxylation sites is 1. The first-order chi connectivity index (χ1) is 8.93. The summed E-state index contributed by atoms with van der Waals surface area (Å²) >= 11 is 0. The fourth-order valence-corrected chi connectivity index (χ4v) is 3.40. The molecule has 0 fully saturated rings. The number of allylic oxidation sites excluding steroid dienone is 8. The van der Waals surface area contributed by atoms with Crippen LogP contribution in [0.15, 0.2) is 60.2 Å². The van der Waals surface area contributed by atoms with Crippen LogP contribution in [0.25, 0.3) is 22.0 Å². The predicted molar refractivity (Wildman–Crippen MR) is 75.0 cm³/mol. The molecule has 1 N–H and O–H groups in total. The number of H-pyrrole nitrogens is 1. The van der Waals surface area contributed by atoms with E-state index >= 15 is 0 Å². The van der Waals surface area contributed by atoms with Crippen molar-refractivity contribution in [1.29, 1.82) is 0 Å². The van der Waals surface area contributed by atoms with Gasteiger partial charge in [0, 0.05) is 28.0 Å². The average Bonchev–Trinajstić information content (AvgIpc) is 2.78. The van der Waals surface area contributed by atoms with Crippen molar-refractivity contribution in [1.82, 2.24) is 4.98 Å². The van der Waals surface area contributed by atoms with Crippen molar-refractivity contribution in [3.63, 3.8) is 0 Å². The molecule has 1 aromatic heterocycles. The topological polar surface area (TPSA) is 15.8 Å². The molecule has 84 valence electrons. The number of hydrogen-bond acceptors (Lipinski definition) is 0. The Kier molecular flexibility index (Phi) is 1.34. The van der Waals surface area contributed by atoms with E-state index in [2.05, 4.69) is 59.6 Å². The van der Waals surface area contributed by atoms with Crippen LogP contribution in [0.3, 0.4) is 0 Å². The van der Waals surface area contributed by atoms with Crippen molar-refractivity contribution in [3.05, 3.63) is 71.5 Å². The molecule has 0 saturated carbocycles. The third-order valence-electron chi connectivity index (χ3n) is 4.20. The van der Waals surface area contributed by atoms with Gasteiger partial charge in [-0.3, -0.25) is 0 Å². The van der Waals surface area contributed by atoms with E-state index in [4.69, 9.17) is 0 Å². The van der Waals surface area contributed by atoms with Gasteiger partial charge in [0.25, 0.3) is 0 Å². The maximum atomic E-state index is 3.58. The monoisotopic (exact) mass is 229 g/mol. The van der Waals surface area contributed by atoms with Crippen molar-refractivity contribution in [2.24, 2.45) is 5.92 Å². The van der Waals surface area contributed by atoms with E-state index in [9.17, 15) is 0 Å². The summed E-state index contributed by atoms with van der Waals surface area (Å²) in [5.74, 6) is 0.518. The van der Waals surface area contributed by atoms with Gasteiger partial charge < -0.3 is 4.98 Å². The van der Waals surface area contributed by atoms with Gasteiger partial charge in [-0.2, -0.15) is 0 Å². The van der Waals surface area contributed by atoms with Gasteiger partial charge in [-0.25, -0.2) is 0 Å². The van der Waals surface area contributed by atoms with Crippen LogP contribution >= 0.6 is 0 Å². The molecule has 0 aliphatic heterocycles. The van der Waals surface area contributed by atoms with Crippen molar-refractivity contribution in [3.8, 4) is 0 Å². The molecule has 1 heterocycles. The Hall–Kier alpha value is -2.28. The molecule has 2 aromatic rings. The standard InChI is InChI=1S/C17H11N/c1-2-7-12-15-10(5-1)9-13(15)16-11-6-3-4-8-14(11)18-17(12)16/h1-10,18H. The number of nitrogens with one attached hydrogen (secondary N) is 1. The van der Waals surface area contributed by atoms with E-state index in [0.29, 0.717) is 5.92 Å². The van der Waals surface area contributed by atoms with Gasteiger partial charge in [0.05, 0.1) is 5.69 Å². The number of fused-ring (bicyclic) bond motifs is 5. The minimum atomic E-state index is 0.518. The van der Waals surface area contributed by atoms with Crippen LogP contribution in [-0.2, 0) is 0 Å². The number of aromatic amines is 1. The number of hydrogen-bond donors (Lipinski definition) is 1. The van der Waals surface area contributed by atoms with Crippen molar-refractivity contribution < 1.29 is 0 Å². The Morgan fingerprint density at radius 1 is 1.06 bits per heavy atom. The maximum Gasteiger partial charge on any atom is 0.0547 e. The Morgan fingerprint density at radius 3 is 3.00 bits per heavy atom. The van der Waals surface area contributed by atoms with Gasteiger partial charge in [0.15, 0.2) is 0 Å². The zero-order valence-electron chi connectivity index (χ0n) is 9.77. The molecular formula is C17H11N. The number of rotatable bonds is 0. The lowest BCUT2D eigenvalue weighted by Crippen LogP contribution is -2.08. The summed E-state index contributed by atoms with van der Waals surface area (Å²) in [7, 11) is 0. The van der Waals surface area contributed by atoms with Gasteiger partial charge in [-0.15, -0.1) is 0 Å². The first kappa shape index (κ1) is 8.76. The third kappa shape index (κ3) is 0.830. The molecule has 3 aliphatic rings. The van der Waals surface area contributed by atoms with Crippen molar-refractivity contribution >= 4 is 22.0 Å². The Bertz CT molecular complexity index is 824. The second kappa shape index (κ2) is 2.75. The molecule has 0 amide bonds. The van der Waals surface area contributed by atoms with Crippen LogP contribution in [0.5, 0.6) is 0 Å². The Labute approximate surface area is 105 Å². The molecular weight excluding hydrogens is 218 g/mol. The molecule has 1 atom stereocenters. The highest BCUT2D eigenvalue weighted by atomic mass is 14.7. The van der Waals surface area contributed by atoms with E-state index in [1.54, 1.807) is 0 Å². The van der Waals surface area contributed by atoms with E-state index in [-0.39, 0.29) is 0 Å². The van der Waals surface area contributed by atoms with E-state index < -0.39 is 0 Å². The van der Waals surface area contributed by atoms with Gasteiger partial charge in [0.2, 0.25) is 0 Å². The summed E-state index contributed by atoms with van der Waals surface area (Å²) in [6, 6.07) is 8.58. The smallest absolute Gasteiger partial charge is 0.0547 e. The molecule has 1 unspecified atom stereocenters. The zero-order chi connectivity index (χ0) is 11.7. The SMILES string of the molecule is C1=CC2=C3C(=CC3C=C1)c1c2[nH]c2ccccc12. The minimum absolute atomic E-state index is 0.518. The van der Waals surface area contributed by atoms with E-state index in [1.807, 2.05) is 0 Å². The highest BCUT2D eigenvalue weighted by Crippen LogP contribution is 2.55. The van der Waals surface area contributed by atoms with Crippen LogP contribution in [0.4, 0.5) is 0 Å². The second-order valence-corrected chi connectivity index (χ2v) is 5.10. The van der Waals surface area contributed by atoms with Crippen LogP contribution in [0.1, 0.15) is 11.3 Å². The molecule has 1 aromatic carbocycles. The fourth-order valence-electron chi connectivity index (χ4n) is 3.40. The normalized spacial score (nSPS) is 22.7. The quantitative estimate of drug-likeness (QED) is 0.700. The highest BCUT2D eigenvalue weighted by Gasteiger charge is 2.37. The Morgan fingerprint density at radius 2 is 2.00 bits per heavy atom. The highest BCUT2D eigenvalue weighted by molar-refractivity contribution is 6.14. The zero-order valence-corrected chi connectivity index (χ0v) is 9.77. The second-order valence-electron chi connectivity index (χ2n) is 5.10. The summed E-state index contributed by atoms with van der Waals surface area (Å²) < 4.78 is 0. The first-order valence-electron chi connectivity index (χ1n) is 6.36. The molecule has 3 aliphatic carbocycles. The lowest BCUT2D eigenvalue weighted by Gasteiger charge is -2.24. The van der Waals surface area contributed by atoms with Gasteiger partial charge in [0.1, 0.15) is 0 Å². The third-order valence-corrected chi connectivity index (χ3v) is 4.20. The maximum absolute atomic E-state index is 3.58. The summed E-state index contributed by atoms with van der Waals surface area (Å²) in [5.41, 5.74) is 8.29. The molecule has 1 nitrogen and oxygen atoms in total. The molecule has 18 heavy (non-hydrogen) atoms. The Balaban J connectivity index is 1.93. The summed E-state index contributed by atoms with van der Waals surface area (Å²) in [4.78, 5) is 3.58. The van der Waals surface area contributed by atoms with Crippen LogP contribution in [0.2, 0.25) is 0 Å². The fraction of sp³-hybridized carbons (Fsp3) is 0.0588. The van der Waals surface area contributed by atoms with Crippen molar-refractivity contribution in [2.75, 3.05) is 0 Å². The molecule has 1 heteroatoms. The first-order valence-corrected chi connectivity index (χ1v) is 6.36. The van der Waals surface area contributed by atoms with Gasteiger partial charge >= 0.3 is 0 Å². The van der Waals surface area contributed by atoms with Crippen LogP contribution in [0, 0.1) is 5.92 Å². The van der Waals surface area contributed by atoms with Crippen molar-refractivity contribution in [2.45, 2.75) is 0 Å². The average molecular weight is 229 g/mol. The summed E-state index contributed by atoms with van der Waals surface area (Å²) in [6.45, 7) is 0. The van der Waals surface area contributed by atoms with E-state index in [0.717, 1.165) is 0 Å². The largest absolute Gasteiger partial charge is 0.354 e. The minimum Gasteiger partial charge on any atom is -0.354 e. The van der Waals surface area contributed by atoms with E-state index in [1.165, 1.54) is 38.9 Å². The lowest BCUT2D eigenvalue weighted by atomic mass is 9.79. The van der Waals surface area contributed by atoms with Crippen LogP contribution < -0.4 is 0 Å². The molecule has 0 radical (unpaired) electrons.